The lowest BCUT2D eigenvalue weighted by Crippen LogP contribution is -2.49. The highest BCUT2D eigenvalue weighted by atomic mass is 16.7. The van der Waals surface area contributed by atoms with Gasteiger partial charge in [-0.15, -0.1) is 0 Å². The van der Waals surface area contributed by atoms with Gasteiger partial charge in [0.1, 0.15) is 12.2 Å². The number of methoxy groups -OCH3 is 1. The predicted octanol–water partition coefficient (Wildman–Crippen LogP) is 0.767. The summed E-state index contributed by atoms with van der Waals surface area (Å²) in [5.74, 6) is -3.76. The van der Waals surface area contributed by atoms with Gasteiger partial charge >= 0.3 is 23.9 Å². The van der Waals surface area contributed by atoms with Crippen LogP contribution in [0.2, 0.25) is 0 Å². The first-order valence-electron chi connectivity index (χ1n) is 10.4. The second kappa shape index (κ2) is 7.70. The molecule has 10 nitrogen and oxygen atoms in total. The molecule has 0 amide bonds. The van der Waals surface area contributed by atoms with E-state index in [0.29, 0.717) is 12.8 Å². The largest absolute Gasteiger partial charge is 0.466 e. The zero-order valence-electron chi connectivity index (χ0n) is 18.4. The average molecular weight is 450 g/mol. The molecule has 4 aliphatic rings. The number of allylic oxidation sites excluding steroid dienone is 1. The first-order valence-corrected chi connectivity index (χ1v) is 10.4. The van der Waals surface area contributed by atoms with Crippen molar-refractivity contribution in [1.29, 1.82) is 0 Å². The minimum Gasteiger partial charge on any atom is -0.466 e. The first kappa shape index (κ1) is 22.5. The van der Waals surface area contributed by atoms with Gasteiger partial charge in [0, 0.05) is 12.5 Å². The zero-order chi connectivity index (χ0) is 23.4. The summed E-state index contributed by atoms with van der Waals surface area (Å²) in [4.78, 5) is 50.0. The zero-order valence-corrected chi connectivity index (χ0v) is 18.4. The summed E-state index contributed by atoms with van der Waals surface area (Å²) in [5.41, 5.74) is -1.72. The van der Waals surface area contributed by atoms with Crippen LogP contribution in [0.4, 0.5) is 0 Å². The molecule has 0 saturated carbocycles. The molecule has 7 atom stereocenters. The van der Waals surface area contributed by atoms with Crippen molar-refractivity contribution in [2.75, 3.05) is 13.7 Å². The van der Waals surface area contributed by atoms with Gasteiger partial charge < -0.3 is 28.4 Å². The SMILES string of the molecule is C=C1C(=O)OC2C1C(OC(C)=O)C(OC(=O)C1(C)CO1)C(C(=O)OC)=CCCC1(C)OC21. The fraction of sp³-hybridized carbons (Fsp3) is 0.636. The van der Waals surface area contributed by atoms with Crippen molar-refractivity contribution in [2.24, 2.45) is 5.92 Å². The van der Waals surface area contributed by atoms with E-state index in [2.05, 4.69) is 6.58 Å². The smallest absolute Gasteiger partial charge is 0.341 e. The number of hydrogen-bond donors (Lipinski definition) is 0. The van der Waals surface area contributed by atoms with Crippen molar-refractivity contribution < 1.29 is 47.6 Å². The average Bonchev–Trinajstić information content (AvgIpc) is 3.61. The molecule has 0 radical (unpaired) electrons. The van der Waals surface area contributed by atoms with E-state index < -0.39 is 65.4 Å². The number of ether oxygens (including phenoxy) is 6. The highest BCUT2D eigenvalue weighted by Crippen LogP contribution is 2.50. The van der Waals surface area contributed by atoms with Crippen molar-refractivity contribution >= 4 is 23.9 Å². The highest BCUT2D eigenvalue weighted by Gasteiger charge is 2.65. The lowest BCUT2D eigenvalue weighted by molar-refractivity contribution is -0.174. The third kappa shape index (κ3) is 3.81. The standard InChI is InChI=1S/C22H26O10/c1-10-13-15(29-11(2)23)14(31-20(26)22(4)9-28-22)12(19(25)27-5)7-6-8-21(3)17(32-21)16(13)30-18(10)24/h7,13-17H,1,6,8-9H2,2-5H3. The lowest BCUT2D eigenvalue weighted by Gasteiger charge is -2.34. The van der Waals surface area contributed by atoms with Gasteiger partial charge in [-0.3, -0.25) is 4.79 Å². The number of epoxide rings is 2. The Morgan fingerprint density at radius 3 is 2.50 bits per heavy atom. The molecule has 32 heavy (non-hydrogen) atoms. The van der Waals surface area contributed by atoms with E-state index in [-0.39, 0.29) is 17.8 Å². The highest BCUT2D eigenvalue weighted by molar-refractivity contribution is 5.93. The summed E-state index contributed by atoms with van der Waals surface area (Å²) in [6.07, 6.45) is -1.44. The van der Waals surface area contributed by atoms with Gasteiger partial charge in [-0.25, -0.2) is 14.4 Å². The molecule has 4 rings (SSSR count). The molecule has 0 aromatic carbocycles. The van der Waals surface area contributed by atoms with Crippen LogP contribution in [0.5, 0.6) is 0 Å². The number of rotatable bonds is 4. The minimum atomic E-state index is -1.37. The summed E-state index contributed by atoms with van der Waals surface area (Å²) >= 11 is 0. The minimum absolute atomic E-state index is 0.00931. The Morgan fingerprint density at radius 1 is 1.22 bits per heavy atom. The van der Waals surface area contributed by atoms with Crippen LogP contribution in [0.25, 0.3) is 0 Å². The van der Waals surface area contributed by atoms with Crippen LogP contribution in [-0.4, -0.2) is 73.2 Å². The van der Waals surface area contributed by atoms with Crippen LogP contribution < -0.4 is 0 Å². The number of fused-ring (bicyclic) bond motifs is 3. The molecule has 3 aliphatic heterocycles. The summed E-state index contributed by atoms with van der Waals surface area (Å²) in [5, 5.41) is 0. The van der Waals surface area contributed by atoms with Crippen molar-refractivity contribution in [2.45, 2.75) is 69.2 Å². The summed E-state index contributed by atoms with van der Waals surface area (Å²) in [6, 6.07) is 0. The molecule has 174 valence electrons. The van der Waals surface area contributed by atoms with Gasteiger partial charge in [0.2, 0.25) is 0 Å². The van der Waals surface area contributed by atoms with E-state index in [1.54, 1.807) is 13.0 Å². The summed E-state index contributed by atoms with van der Waals surface area (Å²) < 4.78 is 32.8. The quantitative estimate of drug-likeness (QED) is 0.262. The summed E-state index contributed by atoms with van der Waals surface area (Å²) in [7, 11) is 1.19. The Kier molecular flexibility index (Phi) is 5.41. The number of hydrogen-bond acceptors (Lipinski definition) is 10. The number of carbonyl (C=O) groups excluding carboxylic acids is 4. The Morgan fingerprint density at radius 2 is 1.91 bits per heavy atom. The predicted molar refractivity (Wildman–Crippen MR) is 105 cm³/mol. The van der Waals surface area contributed by atoms with Gasteiger partial charge in [-0.2, -0.15) is 0 Å². The Bertz CT molecular complexity index is 916. The Hall–Kier alpha value is -2.72. The second-order valence-electron chi connectivity index (χ2n) is 8.88. The Balaban J connectivity index is 1.82. The van der Waals surface area contributed by atoms with E-state index in [0.717, 1.165) is 0 Å². The van der Waals surface area contributed by atoms with E-state index in [1.165, 1.54) is 14.0 Å². The molecule has 3 heterocycles. The fourth-order valence-corrected chi connectivity index (χ4v) is 4.35. The molecule has 0 bridgehead atoms. The topological polar surface area (TPSA) is 130 Å². The van der Waals surface area contributed by atoms with E-state index >= 15 is 0 Å². The van der Waals surface area contributed by atoms with Crippen LogP contribution in [0, 0.1) is 5.92 Å². The van der Waals surface area contributed by atoms with Crippen LogP contribution in [0.15, 0.2) is 23.8 Å². The fourth-order valence-electron chi connectivity index (χ4n) is 4.35. The van der Waals surface area contributed by atoms with Crippen LogP contribution in [-0.2, 0) is 47.6 Å². The molecular weight excluding hydrogens is 424 g/mol. The molecule has 0 N–H and O–H groups in total. The lowest BCUT2D eigenvalue weighted by atomic mass is 9.80. The van der Waals surface area contributed by atoms with Gasteiger partial charge in [-0.1, -0.05) is 12.7 Å². The molecule has 0 aromatic heterocycles. The van der Waals surface area contributed by atoms with Gasteiger partial charge in [0.15, 0.2) is 17.8 Å². The van der Waals surface area contributed by atoms with Gasteiger partial charge in [0.05, 0.1) is 30.8 Å². The van der Waals surface area contributed by atoms with Gasteiger partial charge in [-0.05, 0) is 26.7 Å². The van der Waals surface area contributed by atoms with Gasteiger partial charge in [0.25, 0.3) is 0 Å². The normalized spacial score (nSPS) is 40.1. The van der Waals surface area contributed by atoms with Crippen LogP contribution in [0.1, 0.15) is 33.6 Å². The molecule has 0 aromatic rings. The maximum Gasteiger partial charge on any atom is 0.341 e. The van der Waals surface area contributed by atoms with Crippen LogP contribution >= 0.6 is 0 Å². The second-order valence-corrected chi connectivity index (χ2v) is 8.88. The summed E-state index contributed by atoms with van der Waals surface area (Å²) in [6.45, 7) is 8.58. The van der Waals surface area contributed by atoms with E-state index in [4.69, 9.17) is 28.4 Å². The monoisotopic (exact) mass is 450 g/mol. The maximum atomic E-state index is 12.8. The first-order chi connectivity index (χ1) is 15.0. The van der Waals surface area contributed by atoms with Crippen molar-refractivity contribution in [3.63, 3.8) is 0 Å². The molecule has 1 aliphatic carbocycles. The van der Waals surface area contributed by atoms with Crippen molar-refractivity contribution in [3.05, 3.63) is 23.8 Å². The third-order valence-corrected chi connectivity index (χ3v) is 6.43. The van der Waals surface area contributed by atoms with E-state index in [1.807, 2.05) is 6.92 Å². The Labute approximate surface area is 184 Å². The van der Waals surface area contributed by atoms with Crippen molar-refractivity contribution in [3.8, 4) is 0 Å². The third-order valence-electron chi connectivity index (χ3n) is 6.43. The molecule has 7 unspecified atom stereocenters. The molecule has 3 saturated heterocycles. The van der Waals surface area contributed by atoms with Crippen molar-refractivity contribution in [1.82, 2.24) is 0 Å². The molecule has 10 heteroatoms. The maximum absolute atomic E-state index is 12.8. The van der Waals surface area contributed by atoms with E-state index in [9.17, 15) is 19.2 Å². The molecule has 3 fully saturated rings. The molecular formula is C22H26O10. The number of esters is 4. The molecule has 0 spiro atoms. The number of carbonyl (C=O) groups is 4. The van der Waals surface area contributed by atoms with Crippen LogP contribution in [0.3, 0.4) is 0 Å².